The Balaban J connectivity index is 1.81. The van der Waals surface area contributed by atoms with Crippen LogP contribution in [0.15, 0.2) is 30.3 Å². The van der Waals surface area contributed by atoms with Crippen LogP contribution in [0.5, 0.6) is 0 Å². The van der Waals surface area contributed by atoms with Gasteiger partial charge in [-0.2, -0.15) is 0 Å². The number of carbonyl (C=O) groups is 1. The fourth-order valence-electron chi connectivity index (χ4n) is 3.69. The molecule has 0 bridgehead atoms. The van der Waals surface area contributed by atoms with E-state index in [1.54, 1.807) is 0 Å². The number of aliphatic hydroxyl groups is 1. The SMILES string of the molecule is CN(C)C1CN(C(=O)C2CCC2)CCC1(O)c1ccccc1. The van der Waals surface area contributed by atoms with Gasteiger partial charge in [0.05, 0.1) is 6.04 Å². The molecular weight excluding hydrogens is 276 g/mol. The molecular formula is C18H26N2O2. The number of carbonyl (C=O) groups excluding carboxylic acids is 1. The van der Waals surface area contributed by atoms with Crippen LogP contribution in [-0.4, -0.2) is 54.0 Å². The Labute approximate surface area is 132 Å². The van der Waals surface area contributed by atoms with Crippen molar-refractivity contribution in [2.75, 3.05) is 27.2 Å². The number of amides is 1. The highest BCUT2D eigenvalue weighted by molar-refractivity contribution is 5.79. The van der Waals surface area contributed by atoms with Crippen molar-refractivity contribution in [2.45, 2.75) is 37.3 Å². The second-order valence-electron chi connectivity index (χ2n) is 6.93. The third kappa shape index (κ3) is 2.66. The average Bonchev–Trinajstić information content (AvgIpc) is 2.46. The van der Waals surface area contributed by atoms with Crippen LogP contribution in [0.1, 0.15) is 31.2 Å². The maximum absolute atomic E-state index is 12.5. The number of benzene rings is 1. The molecule has 1 heterocycles. The normalized spacial score (nSPS) is 29.5. The molecule has 1 aliphatic carbocycles. The fourth-order valence-corrected chi connectivity index (χ4v) is 3.69. The molecule has 0 spiro atoms. The van der Waals surface area contributed by atoms with E-state index < -0.39 is 5.60 Å². The number of likely N-dealkylation sites (tertiary alicyclic amines) is 1. The Hall–Kier alpha value is -1.39. The van der Waals surface area contributed by atoms with E-state index in [1.807, 2.05) is 54.2 Å². The van der Waals surface area contributed by atoms with Gasteiger partial charge in [0, 0.05) is 19.0 Å². The standard InChI is InChI=1S/C18H26N2O2/c1-19(2)16-13-20(17(21)14-7-6-8-14)12-11-18(16,22)15-9-4-3-5-10-15/h3-5,9-10,14,16,22H,6-8,11-13H2,1-2H3. The molecule has 3 rings (SSSR count). The summed E-state index contributed by atoms with van der Waals surface area (Å²) in [5.41, 5.74) is 0.0608. The minimum Gasteiger partial charge on any atom is -0.383 e. The third-order valence-electron chi connectivity index (χ3n) is 5.37. The van der Waals surface area contributed by atoms with Gasteiger partial charge in [0.25, 0.3) is 0 Å². The van der Waals surface area contributed by atoms with Crippen LogP contribution in [0.25, 0.3) is 0 Å². The van der Waals surface area contributed by atoms with Crippen molar-refractivity contribution in [1.29, 1.82) is 0 Å². The van der Waals surface area contributed by atoms with Crippen LogP contribution in [0.2, 0.25) is 0 Å². The fraction of sp³-hybridized carbons (Fsp3) is 0.611. The molecule has 1 aromatic carbocycles. The van der Waals surface area contributed by atoms with E-state index >= 15 is 0 Å². The molecule has 22 heavy (non-hydrogen) atoms. The molecule has 1 aromatic rings. The molecule has 1 amide bonds. The molecule has 4 nitrogen and oxygen atoms in total. The monoisotopic (exact) mass is 302 g/mol. The molecule has 0 aromatic heterocycles. The van der Waals surface area contributed by atoms with Crippen LogP contribution in [-0.2, 0) is 10.4 Å². The van der Waals surface area contributed by atoms with Crippen molar-refractivity contribution < 1.29 is 9.90 Å². The molecule has 1 saturated heterocycles. The first kappa shape index (κ1) is 15.5. The maximum Gasteiger partial charge on any atom is 0.225 e. The zero-order chi connectivity index (χ0) is 15.7. The van der Waals surface area contributed by atoms with Gasteiger partial charge < -0.3 is 14.9 Å². The van der Waals surface area contributed by atoms with E-state index in [0.29, 0.717) is 19.5 Å². The van der Waals surface area contributed by atoms with Gasteiger partial charge in [0.1, 0.15) is 5.60 Å². The van der Waals surface area contributed by atoms with E-state index in [0.717, 1.165) is 18.4 Å². The molecule has 2 aliphatic rings. The number of hydrogen-bond donors (Lipinski definition) is 1. The van der Waals surface area contributed by atoms with E-state index in [9.17, 15) is 9.90 Å². The second kappa shape index (κ2) is 6.01. The highest BCUT2D eigenvalue weighted by atomic mass is 16.3. The van der Waals surface area contributed by atoms with Crippen molar-refractivity contribution in [3.63, 3.8) is 0 Å². The molecule has 1 saturated carbocycles. The van der Waals surface area contributed by atoms with Gasteiger partial charge in [-0.05, 0) is 38.9 Å². The lowest BCUT2D eigenvalue weighted by Gasteiger charge is -2.48. The highest BCUT2D eigenvalue weighted by Gasteiger charge is 2.46. The van der Waals surface area contributed by atoms with E-state index in [2.05, 4.69) is 0 Å². The first-order valence-electron chi connectivity index (χ1n) is 8.25. The Bertz CT molecular complexity index is 527. The summed E-state index contributed by atoms with van der Waals surface area (Å²) in [5.74, 6) is 0.513. The number of likely N-dealkylation sites (N-methyl/N-ethyl adjacent to an activating group) is 1. The summed E-state index contributed by atoms with van der Waals surface area (Å²) in [7, 11) is 3.96. The Morgan fingerprint density at radius 2 is 1.95 bits per heavy atom. The summed E-state index contributed by atoms with van der Waals surface area (Å²) in [4.78, 5) is 16.5. The maximum atomic E-state index is 12.5. The molecule has 1 aliphatic heterocycles. The zero-order valence-electron chi connectivity index (χ0n) is 13.5. The van der Waals surface area contributed by atoms with E-state index in [1.165, 1.54) is 6.42 Å². The first-order chi connectivity index (χ1) is 10.5. The minimum absolute atomic E-state index is 0.0762. The van der Waals surface area contributed by atoms with E-state index in [4.69, 9.17) is 0 Å². The Morgan fingerprint density at radius 1 is 1.27 bits per heavy atom. The van der Waals surface area contributed by atoms with Crippen LogP contribution in [0.4, 0.5) is 0 Å². The lowest BCUT2D eigenvalue weighted by atomic mass is 9.78. The highest BCUT2D eigenvalue weighted by Crippen LogP contribution is 2.37. The van der Waals surface area contributed by atoms with Crippen molar-refractivity contribution >= 4 is 5.91 Å². The topological polar surface area (TPSA) is 43.8 Å². The summed E-state index contributed by atoms with van der Waals surface area (Å²) in [6.07, 6.45) is 3.84. The van der Waals surface area contributed by atoms with Crippen LogP contribution in [0, 0.1) is 5.92 Å². The number of piperidine rings is 1. The summed E-state index contributed by atoms with van der Waals surface area (Å²) in [6, 6.07) is 9.79. The van der Waals surface area contributed by atoms with Crippen LogP contribution in [0.3, 0.4) is 0 Å². The lowest BCUT2D eigenvalue weighted by molar-refractivity contribution is -0.148. The van der Waals surface area contributed by atoms with Gasteiger partial charge in [0.15, 0.2) is 0 Å². The van der Waals surface area contributed by atoms with Gasteiger partial charge in [-0.3, -0.25) is 4.79 Å². The largest absolute Gasteiger partial charge is 0.383 e. The average molecular weight is 302 g/mol. The zero-order valence-corrected chi connectivity index (χ0v) is 13.5. The molecule has 1 N–H and O–H groups in total. The number of hydrogen-bond acceptors (Lipinski definition) is 3. The second-order valence-corrected chi connectivity index (χ2v) is 6.93. The van der Waals surface area contributed by atoms with E-state index in [-0.39, 0.29) is 17.9 Å². The van der Waals surface area contributed by atoms with Crippen molar-refractivity contribution in [3.05, 3.63) is 35.9 Å². The molecule has 2 atom stereocenters. The van der Waals surface area contributed by atoms with Gasteiger partial charge in [-0.25, -0.2) is 0 Å². The van der Waals surface area contributed by atoms with Crippen molar-refractivity contribution in [2.24, 2.45) is 5.92 Å². The Morgan fingerprint density at radius 3 is 2.50 bits per heavy atom. The molecule has 2 unspecified atom stereocenters. The van der Waals surface area contributed by atoms with Crippen LogP contribution >= 0.6 is 0 Å². The molecule has 2 fully saturated rings. The predicted molar refractivity (Wildman–Crippen MR) is 86.4 cm³/mol. The molecule has 4 heteroatoms. The number of rotatable bonds is 3. The first-order valence-corrected chi connectivity index (χ1v) is 8.25. The molecule has 120 valence electrons. The summed E-state index contributed by atoms with van der Waals surface area (Å²) < 4.78 is 0. The summed E-state index contributed by atoms with van der Waals surface area (Å²) in [5, 5.41) is 11.3. The summed E-state index contributed by atoms with van der Waals surface area (Å²) in [6.45, 7) is 1.25. The lowest BCUT2D eigenvalue weighted by Crippen LogP contribution is -2.61. The smallest absolute Gasteiger partial charge is 0.225 e. The summed E-state index contributed by atoms with van der Waals surface area (Å²) >= 11 is 0. The van der Waals surface area contributed by atoms with Crippen molar-refractivity contribution in [3.8, 4) is 0 Å². The predicted octanol–water partition coefficient (Wildman–Crippen LogP) is 1.84. The molecule has 0 radical (unpaired) electrons. The number of nitrogens with zero attached hydrogens (tertiary/aromatic N) is 2. The minimum atomic E-state index is -0.888. The van der Waals surface area contributed by atoms with Gasteiger partial charge in [-0.1, -0.05) is 36.8 Å². The Kier molecular flexibility index (Phi) is 4.24. The van der Waals surface area contributed by atoms with Crippen molar-refractivity contribution in [1.82, 2.24) is 9.80 Å². The van der Waals surface area contributed by atoms with Gasteiger partial charge in [0.2, 0.25) is 5.91 Å². The van der Waals surface area contributed by atoms with Crippen LogP contribution < -0.4 is 0 Å². The van der Waals surface area contributed by atoms with Gasteiger partial charge >= 0.3 is 0 Å². The third-order valence-corrected chi connectivity index (χ3v) is 5.37. The van der Waals surface area contributed by atoms with Gasteiger partial charge in [-0.15, -0.1) is 0 Å². The quantitative estimate of drug-likeness (QED) is 0.926.